The molecule has 0 spiro atoms. The van der Waals surface area contributed by atoms with E-state index in [4.69, 9.17) is 4.74 Å². The smallest absolute Gasteiger partial charge is 0.270 e. The zero-order valence-corrected chi connectivity index (χ0v) is 16.1. The van der Waals surface area contributed by atoms with E-state index in [0.717, 1.165) is 49.4 Å². The third-order valence-corrected chi connectivity index (χ3v) is 5.42. The van der Waals surface area contributed by atoms with Crippen LogP contribution in [-0.4, -0.2) is 51.1 Å². The molecule has 1 amide bonds. The number of aromatic nitrogens is 4. The van der Waals surface area contributed by atoms with Gasteiger partial charge in [-0.15, -0.1) is 5.10 Å². The van der Waals surface area contributed by atoms with Gasteiger partial charge in [-0.2, -0.15) is 10.2 Å². The van der Waals surface area contributed by atoms with Gasteiger partial charge in [0.25, 0.3) is 5.91 Å². The summed E-state index contributed by atoms with van der Waals surface area (Å²) in [7, 11) is 1.83. The molecule has 0 unspecified atom stereocenters. The van der Waals surface area contributed by atoms with Crippen LogP contribution in [0.3, 0.4) is 0 Å². The minimum Gasteiger partial charge on any atom is -0.369 e. The number of hydrogen-bond donors (Lipinski definition) is 1. The molecule has 27 heavy (non-hydrogen) atoms. The summed E-state index contributed by atoms with van der Waals surface area (Å²) < 4.78 is 7.54. The summed E-state index contributed by atoms with van der Waals surface area (Å²) >= 11 is 0. The maximum atomic E-state index is 13.0. The monoisotopic (exact) mass is 370 g/mol. The summed E-state index contributed by atoms with van der Waals surface area (Å²) in [4.78, 5) is 15.2. The first kappa shape index (κ1) is 17.9. The first-order valence-electron chi connectivity index (χ1n) is 9.57. The predicted molar refractivity (Wildman–Crippen MR) is 101 cm³/mol. The lowest BCUT2D eigenvalue weighted by atomic mass is 9.99. The highest BCUT2D eigenvalue weighted by Crippen LogP contribution is 2.31. The van der Waals surface area contributed by atoms with Crippen LogP contribution in [0.4, 0.5) is 5.82 Å². The predicted octanol–water partition coefficient (Wildman–Crippen LogP) is 1.63. The second-order valence-corrected chi connectivity index (χ2v) is 7.45. The third kappa shape index (κ3) is 3.53. The lowest BCUT2D eigenvalue weighted by molar-refractivity contribution is -0.00710. The van der Waals surface area contributed by atoms with E-state index < -0.39 is 0 Å². The molecule has 0 bridgehead atoms. The Morgan fingerprint density at radius 2 is 2.07 bits per heavy atom. The van der Waals surface area contributed by atoms with Crippen molar-refractivity contribution in [2.75, 3.05) is 18.0 Å². The van der Waals surface area contributed by atoms with Crippen LogP contribution in [0.2, 0.25) is 0 Å². The van der Waals surface area contributed by atoms with Gasteiger partial charge in [0.1, 0.15) is 5.69 Å². The fraction of sp³-hybridized carbons (Fsp3) is 0.579. The van der Waals surface area contributed by atoms with E-state index in [0.29, 0.717) is 5.69 Å². The van der Waals surface area contributed by atoms with Gasteiger partial charge in [0.15, 0.2) is 5.82 Å². The number of nitrogens with zero attached hydrogens (tertiary/aromatic N) is 5. The number of rotatable bonds is 3. The van der Waals surface area contributed by atoms with Crippen molar-refractivity contribution in [3.63, 3.8) is 0 Å². The van der Waals surface area contributed by atoms with Crippen molar-refractivity contribution in [1.82, 2.24) is 25.3 Å². The van der Waals surface area contributed by atoms with Gasteiger partial charge in [-0.1, -0.05) is 0 Å². The number of ether oxygens (including phenoxy) is 1. The Morgan fingerprint density at radius 1 is 1.30 bits per heavy atom. The zero-order chi connectivity index (χ0) is 19.0. The average Bonchev–Trinajstić information content (AvgIpc) is 2.99. The van der Waals surface area contributed by atoms with E-state index >= 15 is 0 Å². The van der Waals surface area contributed by atoms with Gasteiger partial charge in [0, 0.05) is 44.4 Å². The highest BCUT2D eigenvalue weighted by atomic mass is 16.5. The number of anilines is 1. The van der Waals surface area contributed by atoms with Gasteiger partial charge in [-0.3, -0.25) is 9.48 Å². The molecule has 2 aliphatic heterocycles. The van der Waals surface area contributed by atoms with Crippen LogP contribution in [0.15, 0.2) is 18.3 Å². The van der Waals surface area contributed by atoms with Crippen LogP contribution in [0.25, 0.3) is 0 Å². The molecular weight excluding hydrogens is 344 g/mol. The quantitative estimate of drug-likeness (QED) is 0.884. The summed E-state index contributed by atoms with van der Waals surface area (Å²) in [5, 5.41) is 15.9. The Kier molecular flexibility index (Phi) is 4.82. The van der Waals surface area contributed by atoms with E-state index in [-0.39, 0.29) is 24.2 Å². The van der Waals surface area contributed by atoms with Gasteiger partial charge >= 0.3 is 0 Å². The average molecular weight is 370 g/mol. The molecule has 1 fully saturated rings. The molecule has 144 valence electrons. The molecule has 0 saturated carbocycles. The van der Waals surface area contributed by atoms with Crippen LogP contribution in [0.1, 0.15) is 54.5 Å². The van der Waals surface area contributed by atoms with Crippen LogP contribution in [0, 0.1) is 0 Å². The number of nitrogens with one attached hydrogen (secondary N) is 1. The standard InChI is InChI=1S/C19H26N6O2/c1-12-11-15-17(13(2)27-12)23-24(3)18(15)19(26)21-14-6-9-25(10-7-14)16-5-4-8-20-22-16/h4-5,8,12-14H,6-7,9-11H2,1-3H3,(H,21,26)/t12-,13+/m1/s1. The summed E-state index contributed by atoms with van der Waals surface area (Å²) in [6.45, 7) is 5.74. The Bertz CT molecular complexity index is 813. The van der Waals surface area contributed by atoms with Crippen LogP contribution in [-0.2, 0) is 18.2 Å². The third-order valence-electron chi connectivity index (χ3n) is 5.42. The molecule has 0 aliphatic carbocycles. The molecule has 2 aliphatic rings. The molecule has 4 rings (SSSR count). The molecule has 1 N–H and O–H groups in total. The number of carbonyl (C=O) groups is 1. The second-order valence-electron chi connectivity index (χ2n) is 7.45. The minimum atomic E-state index is -0.0771. The first-order valence-corrected chi connectivity index (χ1v) is 9.57. The maximum absolute atomic E-state index is 13.0. The van der Waals surface area contributed by atoms with Crippen molar-refractivity contribution in [1.29, 1.82) is 0 Å². The fourth-order valence-electron chi connectivity index (χ4n) is 4.12. The van der Waals surface area contributed by atoms with Crippen molar-refractivity contribution in [2.24, 2.45) is 7.05 Å². The molecular formula is C19H26N6O2. The number of aryl methyl sites for hydroxylation is 1. The first-order chi connectivity index (χ1) is 13.0. The highest BCUT2D eigenvalue weighted by molar-refractivity contribution is 5.94. The van der Waals surface area contributed by atoms with E-state index in [9.17, 15) is 4.79 Å². The highest BCUT2D eigenvalue weighted by Gasteiger charge is 2.32. The molecule has 2 aromatic rings. The normalized spacial score (nSPS) is 23.1. The van der Waals surface area contributed by atoms with Crippen molar-refractivity contribution < 1.29 is 9.53 Å². The van der Waals surface area contributed by atoms with Crippen LogP contribution >= 0.6 is 0 Å². The maximum Gasteiger partial charge on any atom is 0.270 e. The second kappa shape index (κ2) is 7.26. The number of hydrogen-bond acceptors (Lipinski definition) is 6. The Balaban J connectivity index is 1.42. The lowest BCUT2D eigenvalue weighted by Crippen LogP contribution is -2.45. The van der Waals surface area contributed by atoms with Gasteiger partial charge in [-0.05, 0) is 38.8 Å². The zero-order valence-electron chi connectivity index (χ0n) is 16.1. The van der Waals surface area contributed by atoms with Crippen molar-refractivity contribution in [2.45, 2.75) is 51.4 Å². The molecule has 0 radical (unpaired) electrons. The summed E-state index contributed by atoms with van der Waals surface area (Å²) in [5.74, 6) is 0.858. The molecule has 2 atom stereocenters. The van der Waals surface area contributed by atoms with Gasteiger partial charge < -0.3 is 15.0 Å². The van der Waals surface area contributed by atoms with Crippen molar-refractivity contribution in [3.05, 3.63) is 35.3 Å². The van der Waals surface area contributed by atoms with Gasteiger partial charge in [0.05, 0.1) is 17.9 Å². The molecule has 8 heteroatoms. The number of piperidine rings is 1. The number of fused-ring (bicyclic) bond motifs is 1. The van der Waals surface area contributed by atoms with Crippen molar-refractivity contribution in [3.8, 4) is 0 Å². The SMILES string of the molecule is C[C@@H]1Cc2c(nn(C)c2C(=O)NC2CCN(c3cccnn3)CC2)[C@H](C)O1. The van der Waals surface area contributed by atoms with E-state index in [1.165, 1.54) is 0 Å². The fourth-order valence-corrected chi connectivity index (χ4v) is 4.12. The van der Waals surface area contributed by atoms with Crippen LogP contribution in [0.5, 0.6) is 0 Å². The van der Waals surface area contributed by atoms with Gasteiger partial charge in [0.2, 0.25) is 0 Å². The van der Waals surface area contributed by atoms with E-state index in [1.54, 1.807) is 10.9 Å². The Hall–Kier alpha value is -2.48. The molecule has 0 aromatic carbocycles. The van der Waals surface area contributed by atoms with Crippen LogP contribution < -0.4 is 10.2 Å². The van der Waals surface area contributed by atoms with Crippen molar-refractivity contribution >= 4 is 11.7 Å². The van der Waals surface area contributed by atoms with E-state index in [2.05, 4.69) is 25.5 Å². The summed E-state index contributed by atoms with van der Waals surface area (Å²) in [6.07, 6.45) is 4.20. The number of carbonyl (C=O) groups excluding carboxylic acids is 1. The molecule has 2 aromatic heterocycles. The largest absolute Gasteiger partial charge is 0.369 e. The topological polar surface area (TPSA) is 85.2 Å². The molecule has 4 heterocycles. The molecule has 8 nitrogen and oxygen atoms in total. The van der Waals surface area contributed by atoms with Gasteiger partial charge in [-0.25, -0.2) is 0 Å². The molecule has 1 saturated heterocycles. The number of amides is 1. The van der Waals surface area contributed by atoms with E-state index in [1.807, 2.05) is 33.0 Å². The lowest BCUT2D eigenvalue weighted by Gasteiger charge is -2.33. The summed E-state index contributed by atoms with van der Waals surface area (Å²) in [5.41, 5.74) is 2.58. The summed E-state index contributed by atoms with van der Waals surface area (Å²) in [6, 6.07) is 4.02. The Morgan fingerprint density at radius 3 is 2.78 bits per heavy atom. The minimum absolute atomic E-state index is 0.0366. The Labute approximate surface area is 158 Å².